The summed E-state index contributed by atoms with van der Waals surface area (Å²) in [5, 5.41) is 0. The summed E-state index contributed by atoms with van der Waals surface area (Å²) < 4.78 is 14.1. The minimum atomic E-state index is -0.490. The van der Waals surface area contributed by atoms with E-state index < -0.39 is 5.82 Å². The lowest BCUT2D eigenvalue weighted by Crippen LogP contribution is -1.95. The molecule has 2 rings (SSSR count). The van der Waals surface area contributed by atoms with Gasteiger partial charge in [-0.3, -0.25) is 4.98 Å². The number of nitrogens with two attached hydrogens (primary N) is 1. The van der Waals surface area contributed by atoms with Gasteiger partial charge in [0, 0.05) is 16.2 Å². The van der Waals surface area contributed by atoms with Gasteiger partial charge in [0.1, 0.15) is 0 Å². The first-order chi connectivity index (χ1) is 7.18. The van der Waals surface area contributed by atoms with Gasteiger partial charge in [0.15, 0.2) is 5.82 Å². The topological polar surface area (TPSA) is 38.9 Å². The molecule has 2 N–H and O–H groups in total. The van der Waals surface area contributed by atoms with Crippen molar-refractivity contribution >= 4 is 21.6 Å². The number of nitrogens with zero attached hydrogens (tertiary/aromatic N) is 1. The summed E-state index contributed by atoms with van der Waals surface area (Å²) in [5.74, 6) is -0.490. The number of hydrogen-bond acceptors (Lipinski definition) is 2. The van der Waals surface area contributed by atoms with Gasteiger partial charge in [-0.1, -0.05) is 28.1 Å². The van der Waals surface area contributed by atoms with Crippen molar-refractivity contribution in [3.63, 3.8) is 0 Å². The molecule has 0 fully saturated rings. The molecule has 76 valence electrons. The van der Waals surface area contributed by atoms with E-state index in [0.717, 1.165) is 16.2 Å². The molecule has 2 aromatic rings. The average molecular weight is 267 g/mol. The minimum Gasteiger partial charge on any atom is -0.396 e. The van der Waals surface area contributed by atoms with Crippen molar-refractivity contribution in [1.82, 2.24) is 4.98 Å². The molecule has 4 heteroatoms. The number of anilines is 1. The van der Waals surface area contributed by atoms with Crippen LogP contribution in [0.15, 0.2) is 41.1 Å². The second-order valence-electron chi connectivity index (χ2n) is 3.09. The fourth-order valence-corrected chi connectivity index (χ4v) is 1.57. The first-order valence-corrected chi connectivity index (χ1v) is 5.12. The summed E-state index contributed by atoms with van der Waals surface area (Å²) in [7, 11) is 0. The largest absolute Gasteiger partial charge is 0.396 e. The number of rotatable bonds is 1. The fraction of sp³-hybridized carbons (Fsp3) is 0. The molecular formula is C11H8BrFN2. The lowest BCUT2D eigenvalue weighted by molar-refractivity contribution is 0.627. The van der Waals surface area contributed by atoms with E-state index in [4.69, 9.17) is 5.73 Å². The molecule has 0 atom stereocenters. The van der Waals surface area contributed by atoms with E-state index in [-0.39, 0.29) is 5.69 Å². The van der Waals surface area contributed by atoms with Crippen LogP contribution in [0.2, 0.25) is 0 Å². The smallest absolute Gasteiger partial charge is 0.164 e. The number of hydrogen-bond donors (Lipinski definition) is 1. The zero-order valence-corrected chi connectivity index (χ0v) is 9.33. The Morgan fingerprint density at radius 3 is 2.47 bits per heavy atom. The first kappa shape index (κ1) is 10.1. The molecule has 0 unspecified atom stereocenters. The molecule has 0 saturated heterocycles. The van der Waals surface area contributed by atoms with Crippen molar-refractivity contribution < 1.29 is 4.39 Å². The molecule has 1 aromatic carbocycles. The van der Waals surface area contributed by atoms with E-state index in [1.54, 1.807) is 6.20 Å². The normalized spacial score (nSPS) is 10.3. The quantitative estimate of drug-likeness (QED) is 0.861. The van der Waals surface area contributed by atoms with Gasteiger partial charge in [0.25, 0.3) is 0 Å². The molecule has 0 radical (unpaired) electrons. The summed E-state index contributed by atoms with van der Waals surface area (Å²) in [6.07, 6.45) is 2.67. The zero-order valence-electron chi connectivity index (χ0n) is 7.74. The second kappa shape index (κ2) is 3.98. The van der Waals surface area contributed by atoms with Crippen LogP contribution in [0.4, 0.5) is 10.1 Å². The van der Waals surface area contributed by atoms with Crippen LogP contribution in [0.5, 0.6) is 0 Å². The Bertz CT molecular complexity index is 482. The van der Waals surface area contributed by atoms with Crippen LogP contribution in [-0.2, 0) is 0 Å². The first-order valence-electron chi connectivity index (χ1n) is 4.33. The van der Waals surface area contributed by atoms with Gasteiger partial charge in [-0.15, -0.1) is 0 Å². The predicted octanol–water partition coefficient (Wildman–Crippen LogP) is 3.23. The van der Waals surface area contributed by atoms with Gasteiger partial charge in [-0.05, 0) is 17.7 Å². The monoisotopic (exact) mass is 266 g/mol. The standard InChI is InChI=1S/C11H8BrFN2/c12-8-3-1-7(2-4-8)9-5-15-6-10(13)11(9)14/h1-6H,(H2,14,15). The van der Waals surface area contributed by atoms with E-state index in [1.807, 2.05) is 24.3 Å². The summed E-state index contributed by atoms with van der Waals surface area (Å²) in [6, 6.07) is 7.47. The molecule has 2 nitrogen and oxygen atoms in total. The molecule has 1 heterocycles. The molecule has 0 aliphatic heterocycles. The van der Waals surface area contributed by atoms with Crippen molar-refractivity contribution in [2.45, 2.75) is 0 Å². The van der Waals surface area contributed by atoms with Gasteiger partial charge in [0.2, 0.25) is 0 Å². The van der Waals surface area contributed by atoms with E-state index in [1.165, 1.54) is 0 Å². The highest BCUT2D eigenvalue weighted by molar-refractivity contribution is 9.10. The Hall–Kier alpha value is -1.42. The second-order valence-corrected chi connectivity index (χ2v) is 4.01. The highest BCUT2D eigenvalue weighted by Gasteiger charge is 2.06. The van der Waals surface area contributed by atoms with Crippen molar-refractivity contribution in [3.8, 4) is 11.1 Å². The van der Waals surface area contributed by atoms with Gasteiger partial charge >= 0.3 is 0 Å². The summed E-state index contributed by atoms with van der Waals surface area (Å²) in [6.45, 7) is 0. The van der Waals surface area contributed by atoms with Crippen LogP contribution in [0.1, 0.15) is 0 Å². The van der Waals surface area contributed by atoms with E-state index in [9.17, 15) is 4.39 Å². The lowest BCUT2D eigenvalue weighted by atomic mass is 10.1. The number of halogens is 2. The highest BCUT2D eigenvalue weighted by Crippen LogP contribution is 2.27. The van der Waals surface area contributed by atoms with Crippen molar-refractivity contribution in [2.75, 3.05) is 5.73 Å². The van der Waals surface area contributed by atoms with Gasteiger partial charge in [-0.2, -0.15) is 0 Å². The van der Waals surface area contributed by atoms with Crippen LogP contribution < -0.4 is 5.73 Å². The van der Waals surface area contributed by atoms with Gasteiger partial charge in [-0.25, -0.2) is 4.39 Å². The Labute approximate surface area is 95.1 Å². The maximum Gasteiger partial charge on any atom is 0.164 e. The lowest BCUT2D eigenvalue weighted by Gasteiger charge is -2.05. The van der Waals surface area contributed by atoms with Crippen molar-refractivity contribution in [2.24, 2.45) is 0 Å². The van der Waals surface area contributed by atoms with Gasteiger partial charge < -0.3 is 5.73 Å². The van der Waals surface area contributed by atoms with E-state index >= 15 is 0 Å². The van der Waals surface area contributed by atoms with Crippen LogP contribution in [0, 0.1) is 5.82 Å². The van der Waals surface area contributed by atoms with E-state index in [2.05, 4.69) is 20.9 Å². The molecule has 0 aliphatic carbocycles. The average Bonchev–Trinajstić information content (AvgIpc) is 2.24. The molecule has 0 bridgehead atoms. The zero-order chi connectivity index (χ0) is 10.8. The van der Waals surface area contributed by atoms with Gasteiger partial charge in [0.05, 0.1) is 11.9 Å². The Morgan fingerprint density at radius 2 is 1.80 bits per heavy atom. The molecular weight excluding hydrogens is 259 g/mol. The Kier molecular flexibility index (Phi) is 2.68. The number of pyridine rings is 1. The van der Waals surface area contributed by atoms with Crippen LogP contribution in [-0.4, -0.2) is 4.98 Å². The number of benzene rings is 1. The maximum absolute atomic E-state index is 13.1. The molecule has 0 aliphatic rings. The summed E-state index contributed by atoms with van der Waals surface area (Å²) in [5.41, 5.74) is 7.22. The number of aromatic nitrogens is 1. The number of nitrogen functional groups attached to an aromatic ring is 1. The van der Waals surface area contributed by atoms with Crippen molar-refractivity contribution in [3.05, 3.63) is 46.9 Å². The van der Waals surface area contributed by atoms with Crippen LogP contribution >= 0.6 is 15.9 Å². The molecule has 15 heavy (non-hydrogen) atoms. The maximum atomic E-state index is 13.1. The molecule has 0 saturated carbocycles. The highest BCUT2D eigenvalue weighted by atomic mass is 79.9. The SMILES string of the molecule is Nc1c(F)cncc1-c1ccc(Br)cc1. The van der Waals surface area contributed by atoms with Crippen molar-refractivity contribution in [1.29, 1.82) is 0 Å². The Morgan fingerprint density at radius 1 is 1.13 bits per heavy atom. The summed E-state index contributed by atoms with van der Waals surface area (Å²) >= 11 is 3.33. The molecule has 0 amide bonds. The molecule has 0 spiro atoms. The fourth-order valence-electron chi connectivity index (χ4n) is 1.30. The minimum absolute atomic E-state index is 0.132. The molecule has 1 aromatic heterocycles. The van der Waals surface area contributed by atoms with E-state index in [0.29, 0.717) is 5.56 Å². The third-order valence-corrected chi connectivity index (χ3v) is 2.62. The predicted molar refractivity (Wildman–Crippen MR) is 61.7 cm³/mol. The van der Waals surface area contributed by atoms with Crippen LogP contribution in [0.3, 0.4) is 0 Å². The summed E-state index contributed by atoms with van der Waals surface area (Å²) in [4.78, 5) is 3.78. The third kappa shape index (κ3) is 1.99. The third-order valence-electron chi connectivity index (χ3n) is 2.09. The Balaban J connectivity index is 2.54. The van der Waals surface area contributed by atoms with Crippen LogP contribution in [0.25, 0.3) is 11.1 Å².